The topological polar surface area (TPSA) is 93.3 Å². The highest BCUT2D eigenvalue weighted by Crippen LogP contribution is 2.48. The Hall–Kier alpha value is -2.26. The normalized spacial score (nSPS) is 13.4. The predicted molar refractivity (Wildman–Crippen MR) is 171 cm³/mol. The number of aryl methyl sites for hydroxylation is 1. The van der Waals surface area contributed by atoms with E-state index in [0.29, 0.717) is 18.9 Å². The van der Waals surface area contributed by atoms with Crippen molar-refractivity contribution in [2.45, 2.75) is 90.7 Å². The summed E-state index contributed by atoms with van der Waals surface area (Å²) in [5.41, 5.74) is 2.97. The number of rotatable bonds is 23. The molecule has 1 heterocycles. The molecule has 0 aliphatic rings. The van der Waals surface area contributed by atoms with Crippen LogP contribution in [0.2, 0.25) is 0 Å². The highest BCUT2D eigenvalue weighted by atomic mass is 32.1. The summed E-state index contributed by atoms with van der Waals surface area (Å²) in [5, 5.41) is 0. The summed E-state index contributed by atoms with van der Waals surface area (Å²) in [5.74, 6) is 1.64. The molecule has 2 aromatic carbocycles. The number of nitrogens with zero attached hydrogens (tertiary/aromatic N) is 1. The van der Waals surface area contributed by atoms with Gasteiger partial charge in [-0.25, -0.2) is 0 Å². The van der Waals surface area contributed by atoms with Crippen LogP contribution in [0.3, 0.4) is 0 Å². The second-order valence-corrected chi connectivity index (χ2v) is 13.3. The molecule has 0 aliphatic heterocycles. The average molecular weight is 635 g/mol. The highest BCUT2D eigenvalue weighted by Gasteiger charge is 2.31. The fourth-order valence-corrected chi connectivity index (χ4v) is 6.00. The van der Waals surface area contributed by atoms with E-state index in [1.54, 1.807) is 29.5 Å². The predicted octanol–water partition coefficient (Wildman–Crippen LogP) is 7.21. The van der Waals surface area contributed by atoms with E-state index in [2.05, 4.69) is 11.5 Å². The maximum Gasteiger partial charge on any atom is 0.426 e. The first kappa shape index (κ1) is 35.2. The van der Waals surface area contributed by atoms with Crippen LogP contribution in [0.4, 0.5) is 0 Å². The lowest BCUT2D eigenvalue weighted by atomic mass is 10.1. The molecule has 8 nitrogen and oxygen atoms in total. The van der Waals surface area contributed by atoms with Crippen molar-refractivity contribution < 1.29 is 37.6 Å². The van der Waals surface area contributed by atoms with E-state index in [1.807, 2.05) is 49.0 Å². The van der Waals surface area contributed by atoms with Gasteiger partial charge < -0.3 is 19.1 Å². The molecule has 3 rings (SSSR count). The summed E-state index contributed by atoms with van der Waals surface area (Å²) in [6.45, 7) is 5.56. The van der Waals surface area contributed by atoms with Crippen molar-refractivity contribution >= 4 is 19.5 Å². The SMILES string of the molecule is CCCCCCCCCCCCOc1cccc(OC[C@H](CO[P+]([O-])(O)Oc2cccc(C[n+]3csc(C)c3)c2)OC)c1. The second-order valence-electron chi connectivity index (χ2n) is 10.8. The second kappa shape index (κ2) is 19.9. The van der Waals surface area contributed by atoms with Crippen molar-refractivity contribution in [2.75, 3.05) is 26.9 Å². The number of thiazole rings is 1. The molecule has 0 saturated carbocycles. The van der Waals surface area contributed by atoms with E-state index in [4.69, 9.17) is 23.3 Å². The van der Waals surface area contributed by atoms with Gasteiger partial charge in [0.15, 0.2) is 18.5 Å². The zero-order valence-electron chi connectivity index (χ0n) is 25.9. The van der Waals surface area contributed by atoms with Gasteiger partial charge in [0, 0.05) is 18.7 Å². The number of unbranched alkanes of at least 4 members (excludes halogenated alkanes) is 9. The minimum absolute atomic E-state index is 0.130. The number of hydrogen-bond donors (Lipinski definition) is 1. The van der Waals surface area contributed by atoms with Crippen LogP contribution in [0.25, 0.3) is 0 Å². The van der Waals surface area contributed by atoms with Crippen LogP contribution in [0.15, 0.2) is 60.2 Å². The Morgan fingerprint density at radius 1 is 0.860 bits per heavy atom. The van der Waals surface area contributed by atoms with Gasteiger partial charge in [0.05, 0.1) is 11.5 Å². The maximum atomic E-state index is 12.6. The summed E-state index contributed by atoms with van der Waals surface area (Å²) in [6.07, 6.45) is 14.3. The Morgan fingerprint density at radius 3 is 2.19 bits per heavy atom. The van der Waals surface area contributed by atoms with E-state index in [9.17, 15) is 9.79 Å². The third kappa shape index (κ3) is 14.8. The summed E-state index contributed by atoms with van der Waals surface area (Å²) >= 11 is 1.66. The summed E-state index contributed by atoms with van der Waals surface area (Å²) in [6, 6.07) is 14.5. The van der Waals surface area contributed by atoms with Crippen LogP contribution >= 0.6 is 19.5 Å². The number of hydrogen-bond acceptors (Lipinski definition) is 8. The third-order valence-corrected chi connectivity index (χ3v) is 8.74. The van der Waals surface area contributed by atoms with Crippen molar-refractivity contribution in [2.24, 2.45) is 0 Å². The van der Waals surface area contributed by atoms with Crippen LogP contribution in [0.5, 0.6) is 17.2 Å². The van der Waals surface area contributed by atoms with E-state index in [0.717, 1.165) is 17.7 Å². The van der Waals surface area contributed by atoms with Gasteiger partial charge in [-0.2, -0.15) is 14.0 Å². The van der Waals surface area contributed by atoms with Crippen molar-refractivity contribution in [3.05, 3.63) is 70.7 Å². The first-order chi connectivity index (χ1) is 20.9. The van der Waals surface area contributed by atoms with Crippen molar-refractivity contribution in [3.63, 3.8) is 0 Å². The number of phosphoric ester groups is 1. The Labute approximate surface area is 262 Å². The van der Waals surface area contributed by atoms with Gasteiger partial charge in [-0.3, -0.25) is 4.52 Å². The maximum absolute atomic E-state index is 12.6. The van der Waals surface area contributed by atoms with Gasteiger partial charge in [-0.1, -0.05) is 94.2 Å². The Kier molecular flexibility index (Phi) is 16.3. The summed E-state index contributed by atoms with van der Waals surface area (Å²) in [7, 11) is -2.87. The lowest BCUT2D eigenvalue weighted by molar-refractivity contribution is -0.683. The minimum atomic E-state index is -4.37. The van der Waals surface area contributed by atoms with Gasteiger partial charge >= 0.3 is 8.17 Å². The number of methoxy groups -OCH3 is 1. The largest absolute Gasteiger partial charge is 0.598 e. The van der Waals surface area contributed by atoms with Crippen LogP contribution in [0.1, 0.15) is 81.6 Å². The van der Waals surface area contributed by atoms with Gasteiger partial charge in [-0.05, 0) is 37.6 Å². The molecule has 2 atom stereocenters. The summed E-state index contributed by atoms with van der Waals surface area (Å²) < 4.78 is 29.8. The molecule has 0 amide bonds. The molecule has 0 saturated heterocycles. The van der Waals surface area contributed by atoms with Crippen LogP contribution in [0, 0.1) is 6.92 Å². The van der Waals surface area contributed by atoms with E-state index in [1.165, 1.54) is 69.8 Å². The van der Waals surface area contributed by atoms with E-state index < -0.39 is 14.3 Å². The molecule has 1 aromatic heterocycles. The lowest BCUT2D eigenvalue weighted by Crippen LogP contribution is -2.30. The zero-order valence-corrected chi connectivity index (χ0v) is 27.7. The fourth-order valence-electron chi connectivity index (χ4n) is 4.58. The molecule has 0 bridgehead atoms. The van der Waals surface area contributed by atoms with Crippen molar-refractivity contribution in [1.82, 2.24) is 0 Å². The van der Waals surface area contributed by atoms with Crippen LogP contribution < -0.4 is 23.5 Å². The first-order valence-corrected chi connectivity index (χ1v) is 17.8. The Bertz CT molecular complexity index is 1180. The quantitative estimate of drug-likeness (QED) is 0.0669. The van der Waals surface area contributed by atoms with Gasteiger partial charge in [0.25, 0.3) is 0 Å². The molecule has 43 heavy (non-hydrogen) atoms. The van der Waals surface area contributed by atoms with Crippen LogP contribution in [-0.2, 0) is 15.8 Å². The molecule has 0 aliphatic carbocycles. The number of benzene rings is 2. The molecule has 0 radical (unpaired) electrons. The molecular weight excluding hydrogens is 585 g/mol. The molecule has 238 valence electrons. The average Bonchev–Trinajstić information content (AvgIpc) is 3.40. The lowest BCUT2D eigenvalue weighted by Gasteiger charge is -2.22. The first-order valence-electron chi connectivity index (χ1n) is 15.5. The highest BCUT2D eigenvalue weighted by molar-refractivity contribution is 7.53. The fraction of sp³-hybridized carbons (Fsp3) is 0.545. The van der Waals surface area contributed by atoms with Crippen molar-refractivity contribution in [1.29, 1.82) is 0 Å². The van der Waals surface area contributed by atoms with Gasteiger partial charge in [0.2, 0.25) is 5.51 Å². The molecular formula is C33H49NO7PS+. The van der Waals surface area contributed by atoms with Gasteiger partial charge in [0.1, 0.15) is 30.8 Å². The van der Waals surface area contributed by atoms with Gasteiger partial charge in [-0.15, -0.1) is 0 Å². The molecule has 3 aromatic rings. The van der Waals surface area contributed by atoms with Crippen molar-refractivity contribution in [3.8, 4) is 17.2 Å². The standard InChI is InChI=1S/C33H48NO7PS/c1-4-5-6-7-8-9-10-11-12-13-20-38-30-17-15-18-31(22-30)39-25-33(37-3)26-40-42(35,36)41-32-19-14-16-29(21-32)24-34-23-28(2)43-27-34/h14-19,21-23,27,33H,4-13,20,24-26H2,1-3H3/p+1/t33-/m1/s1. The molecule has 0 fully saturated rings. The number of ether oxygens (including phenoxy) is 3. The number of aromatic nitrogens is 1. The molecule has 1 unspecified atom stereocenters. The minimum Gasteiger partial charge on any atom is -0.598 e. The number of phosphoric acid groups is 1. The van der Waals surface area contributed by atoms with Crippen LogP contribution in [-0.4, -0.2) is 37.9 Å². The molecule has 10 heteroatoms. The summed E-state index contributed by atoms with van der Waals surface area (Å²) in [4.78, 5) is 24.2. The Morgan fingerprint density at radius 2 is 1.51 bits per heavy atom. The zero-order chi connectivity index (χ0) is 30.8. The smallest absolute Gasteiger partial charge is 0.426 e. The van der Waals surface area contributed by atoms with E-state index in [-0.39, 0.29) is 19.0 Å². The van der Waals surface area contributed by atoms with E-state index >= 15 is 0 Å². The Balaban J connectivity index is 1.34. The molecule has 0 spiro atoms. The molecule has 1 N–H and O–H groups in total. The monoisotopic (exact) mass is 634 g/mol. The third-order valence-electron chi connectivity index (χ3n) is 6.97.